The quantitative estimate of drug-likeness (QED) is 0.377. The van der Waals surface area contributed by atoms with Crippen molar-refractivity contribution in [2.45, 2.75) is 24.5 Å². The van der Waals surface area contributed by atoms with E-state index in [9.17, 15) is 5.26 Å². The number of thioether (sulfide) groups is 1. The van der Waals surface area contributed by atoms with Crippen molar-refractivity contribution in [3.05, 3.63) is 82.5 Å². The second-order valence-electron chi connectivity index (χ2n) is 6.26. The highest BCUT2D eigenvalue weighted by molar-refractivity contribution is 7.98. The molecule has 0 aliphatic rings. The fourth-order valence-electron chi connectivity index (χ4n) is 2.80. The third-order valence-electron chi connectivity index (χ3n) is 4.23. The van der Waals surface area contributed by atoms with Crippen LogP contribution >= 0.6 is 23.4 Å². The van der Waals surface area contributed by atoms with Gasteiger partial charge in [0.05, 0.1) is 22.6 Å². The van der Waals surface area contributed by atoms with Crippen LogP contribution < -0.4 is 4.74 Å². The van der Waals surface area contributed by atoms with E-state index in [0.29, 0.717) is 38.9 Å². The predicted molar refractivity (Wildman–Crippen MR) is 113 cm³/mol. The Balaban J connectivity index is 1.45. The van der Waals surface area contributed by atoms with Crippen molar-refractivity contribution >= 4 is 23.4 Å². The lowest BCUT2D eigenvalue weighted by atomic mass is 10.2. The number of hydrogen-bond acceptors (Lipinski definition) is 7. The van der Waals surface area contributed by atoms with Crippen molar-refractivity contribution in [3.8, 4) is 17.5 Å². The average molecular weight is 438 g/mol. The van der Waals surface area contributed by atoms with Gasteiger partial charge in [-0.05, 0) is 43.3 Å². The standard InChI is InChI=1S/C21H16ClN5O2S/c1-14-18(11-23)19(27(26-14)16-5-3-2-4-6-16)13-30-21-25-24-20(29-21)12-28-17-9-7-15(22)8-10-17/h2-10H,12-13H2,1H3. The highest BCUT2D eigenvalue weighted by atomic mass is 35.5. The maximum atomic E-state index is 9.57. The largest absolute Gasteiger partial charge is 0.484 e. The zero-order chi connectivity index (χ0) is 20.9. The fraction of sp³-hybridized carbons (Fsp3) is 0.143. The second kappa shape index (κ2) is 9.03. The van der Waals surface area contributed by atoms with E-state index in [1.165, 1.54) is 11.8 Å². The Hall–Kier alpha value is -3.28. The Bertz CT molecular complexity index is 1180. The molecule has 4 rings (SSSR count). The van der Waals surface area contributed by atoms with E-state index in [1.54, 1.807) is 28.9 Å². The van der Waals surface area contributed by atoms with Gasteiger partial charge in [-0.2, -0.15) is 10.4 Å². The number of aromatic nitrogens is 4. The number of para-hydroxylation sites is 1. The van der Waals surface area contributed by atoms with Gasteiger partial charge < -0.3 is 9.15 Å². The smallest absolute Gasteiger partial charge is 0.277 e. The molecular formula is C21H16ClN5O2S. The number of nitrogens with zero attached hydrogens (tertiary/aromatic N) is 5. The van der Waals surface area contributed by atoms with E-state index in [4.69, 9.17) is 20.8 Å². The molecule has 0 spiro atoms. The van der Waals surface area contributed by atoms with E-state index in [1.807, 2.05) is 37.3 Å². The molecule has 0 aliphatic heterocycles. The van der Waals surface area contributed by atoms with Gasteiger partial charge in [-0.1, -0.05) is 41.6 Å². The average Bonchev–Trinajstić information content (AvgIpc) is 3.36. The number of hydrogen-bond donors (Lipinski definition) is 0. The van der Waals surface area contributed by atoms with Crippen molar-refractivity contribution < 1.29 is 9.15 Å². The number of rotatable bonds is 7. The molecule has 0 saturated carbocycles. The summed E-state index contributed by atoms with van der Waals surface area (Å²) in [7, 11) is 0. The molecule has 0 radical (unpaired) electrons. The van der Waals surface area contributed by atoms with E-state index < -0.39 is 0 Å². The summed E-state index contributed by atoms with van der Waals surface area (Å²) in [5.41, 5.74) is 2.90. The topological polar surface area (TPSA) is 89.8 Å². The normalized spacial score (nSPS) is 10.7. The minimum Gasteiger partial charge on any atom is -0.484 e. The van der Waals surface area contributed by atoms with Crippen LogP contribution in [-0.2, 0) is 12.4 Å². The molecule has 4 aromatic rings. The first-order chi connectivity index (χ1) is 14.6. The van der Waals surface area contributed by atoms with Crippen LogP contribution in [-0.4, -0.2) is 20.0 Å². The molecule has 0 unspecified atom stereocenters. The first kappa shape index (κ1) is 20.0. The molecule has 0 amide bonds. The molecule has 2 aromatic heterocycles. The molecule has 0 saturated heterocycles. The summed E-state index contributed by atoms with van der Waals surface area (Å²) in [6.07, 6.45) is 0. The minimum atomic E-state index is 0.152. The van der Waals surface area contributed by atoms with Crippen molar-refractivity contribution in [2.24, 2.45) is 0 Å². The first-order valence-corrected chi connectivity index (χ1v) is 10.4. The van der Waals surface area contributed by atoms with Crippen molar-refractivity contribution in [2.75, 3.05) is 0 Å². The fourth-order valence-corrected chi connectivity index (χ4v) is 3.70. The maximum Gasteiger partial charge on any atom is 0.277 e. The molecule has 2 aromatic carbocycles. The lowest BCUT2D eigenvalue weighted by molar-refractivity contribution is 0.252. The summed E-state index contributed by atoms with van der Waals surface area (Å²) in [5, 5.41) is 23.2. The first-order valence-electron chi connectivity index (χ1n) is 9.01. The van der Waals surface area contributed by atoms with Crippen LogP contribution in [0.3, 0.4) is 0 Å². The van der Waals surface area contributed by atoms with Gasteiger partial charge in [0.15, 0.2) is 6.61 Å². The van der Waals surface area contributed by atoms with Crippen molar-refractivity contribution in [3.63, 3.8) is 0 Å². The van der Waals surface area contributed by atoms with Gasteiger partial charge in [0.1, 0.15) is 11.8 Å². The molecule has 2 heterocycles. The van der Waals surface area contributed by atoms with Crippen molar-refractivity contribution in [1.29, 1.82) is 5.26 Å². The summed E-state index contributed by atoms with van der Waals surface area (Å²) in [4.78, 5) is 0. The van der Waals surface area contributed by atoms with Crippen LogP contribution in [0.4, 0.5) is 0 Å². The molecule has 150 valence electrons. The lowest BCUT2D eigenvalue weighted by Gasteiger charge is -2.06. The van der Waals surface area contributed by atoms with Crippen LogP contribution in [0.1, 0.15) is 22.8 Å². The van der Waals surface area contributed by atoms with E-state index in [-0.39, 0.29) is 6.61 Å². The van der Waals surface area contributed by atoms with Gasteiger partial charge in [-0.3, -0.25) is 0 Å². The SMILES string of the molecule is Cc1nn(-c2ccccc2)c(CSc2nnc(COc3ccc(Cl)cc3)o2)c1C#N. The molecule has 0 fully saturated rings. The summed E-state index contributed by atoms with van der Waals surface area (Å²) in [6, 6.07) is 19.0. The Kier molecular flexibility index (Phi) is 6.02. The Morgan fingerprint density at radius 1 is 1.13 bits per heavy atom. The Morgan fingerprint density at radius 3 is 2.63 bits per heavy atom. The van der Waals surface area contributed by atoms with E-state index in [0.717, 1.165) is 11.4 Å². The molecule has 0 aliphatic carbocycles. The summed E-state index contributed by atoms with van der Waals surface area (Å²) >= 11 is 7.21. The Labute approximate surface area is 182 Å². The monoisotopic (exact) mass is 437 g/mol. The van der Waals surface area contributed by atoms with Gasteiger partial charge in [0.2, 0.25) is 0 Å². The van der Waals surface area contributed by atoms with Crippen LogP contribution in [0, 0.1) is 18.3 Å². The van der Waals surface area contributed by atoms with Gasteiger partial charge in [0, 0.05) is 10.8 Å². The van der Waals surface area contributed by atoms with Crippen LogP contribution in [0.15, 0.2) is 64.2 Å². The maximum absolute atomic E-state index is 9.57. The van der Waals surface area contributed by atoms with E-state index >= 15 is 0 Å². The van der Waals surface area contributed by atoms with Crippen LogP contribution in [0.25, 0.3) is 5.69 Å². The van der Waals surface area contributed by atoms with Crippen LogP contribution in [0.5, 0.6) is 5.75 Å². The zero-order valence-corrected chi connectivity index (χ0v) is 17.5. The van der Waals surface area contributed by atoms with Crippen molar-refractivity contribution in [1.82, 2.24) is 20.0 Å². The van der Waals surface area contributed by atoms with Gasteiger partial charge >= 0.3 is 0 Å². The molecule has 30 heavy (non-hydrogen) atoms. The lowest BCUT2D eigenvalue weighted by Crippen LogP contribution is -2.02. The highest BCUT2D eigenvalue weighted by Gasteiger charge is 2.18. The third kappa shape index (κ3) is 4.48. The Morgan fingerprint density at radius 2 is 1.90 bits per heavy atom. The number of nitriles is 1. The number of ether oxygens (including phenoxy) is 1. The van der Waals surface area contributed by atoms with Gasteiger partial charge in [0.25, 0.3) is 11.1 Å². The molecular weight excluding hydrogens is 422 g/mol. The molecule has 0 atom stereocenters. The van der Waals surface area contributed by atoms with Gasteiger partial charge in [-0.15, -0.1) is 10.2 Å². The number of aryl methyl sites for hydroxylation is 1. The molecule has 9 heteroatoms. The predicted octanol–water partition coefficient (Wildman–Crippen LogP) is 4.96. The number of halogens is 1. The minimum absolute atomic E-state index is 0.152. The summed E-state index contributed by atoms with van der Waals surface area (Å²) < 4.78 is 13.1. The highest BCUT2D eigenvalue weighted by Crippen LogP contribution is 2.27. The summed E-state index contributed by atoms with van der Waals surface area (Å²) in [6.45, 7) is 1.98. The molecule has 7 nitrogen and oxygen atoms in total. The second-order valence-corrected chi connectivity index (χ2v) is 7.62. The summed E-state index contributed by atoms with van der Waals surface area (Å²) in [5.74, 6) is 1.48. The third-order valence-corrected chi connectivity index (χ3v) is 5.31. The molecule has 0 bridgehead atoms. The molecule has 0 N–H and O–H groups in total. The zero-order valence-electron chi connectivity index (χ0n) is 15.9. The van der Waals surface area contributed by atoms with Crippen LogP contribution in [0.2, 0.25) is 5.02 Å². The number of benzene rings is 2. The van der Waals surface area contributed by atoms with Gasteiger partial charge in [-0.25, -0.2) is 4.68 Å². The van der Waals surface area contributed by atoms with E-state index in [2.05, 4.69) is 21.4 Å².